The summed E-state index contributed by atoms with van der Waals surface area (Å²) in [6.45, 7) is 0.231. The molecule has 5 heteroatoms. The van der Waals surface area contributed by atoms with Crippen LogP contribution in [-0.4, -0.2) is 42.7 Å². The van der Waals surface area contributed by atoms with E-state index in [1.54, 1.807) is 7.11 Å². The van der Waals surface area contributed by atoms with E-state index >= 15 is 0 Å². The first-order valence-corrected chi connectivity index (χ1v) is 5.68. The lowest BCUT2D eigenvalue weighted by Crippen LogP contribution is -2.59. The number of methoxy groups -OCH3 is 1. The van der Waals surface area contributed by atoms with Crippen molar-refractivity contribution in [3.8, 4) is 0 Å². The number of hydrogen-bond acceptors (Lipinski definition) is 4. The standard InChI is InChI=1S/C11H17NO4/c1-16-8-4-2-3-6-9(8)12-5-7(10(6)13)11(14)15/h6-9,12H,2-5H2,1H3,(H,14,15). The van der Waals surface area contributed by atoms with Crippen molar-refractivity contribution in [2.24, 2.45) is 11.8 Å². The first kappa shape index (κ1) is 11.5. The third-order valence-electron chi connectivity index (χ3n) is 3.71. The molecule has 2 rings (SSSR count). The molecule has 2 fully saturated rings. The van der Waals surface area contributed by atoms with Crippen molar-refractivity contribution in [3.05, 3.63) is 0 Å². The quantitative estimate of drug-likeness (QED) is 0.652. The molecule has 1 heterocycles. The average Bonchev–Trinajstić information content (AvgIpc) is 2.28. The van der Waals surface area contributed by atoms with E-state index in [9.17, 15) is 9.59 Å². The van der Waals surface area contributed by atoms with Crippen molar-refractivity contribution in [3.63, 3.8) is 0 Å². The summed E-state index contributed by atoms with van der Waals surface area (Å²) >= 11 is 0. The lowest BCUT2D eigenvalue weighted by atomic mass is 9.74. The monoisotopic (exact) mass is 227 g/mol. The largest absolute Gasteiger partial charge is 0.481 e. The van der Waals surface area contributed by atoms with Crippen LogP contribution < -0.4 is 5.32 Å². The van der Waals surface area contributed by atoms with Crippen LogP contribution in [0.25, 0.3) is 0 Å². The number of carboxylic acids is 1. The molecule has 0 spiro atoms. The third kappa shape index (κ3) is 1.85. The van der Waals surface area contributed by atoms with Crippen molar-refractivity contribution in [1.29, 1.82) is 0 Å². The lowest BCUT2D eigenvalue weighted by molar-refractivity contribution is -0.151. The summed E-state index contributed by atoms with van der Waals surface area (Å²) in [7, 11) is 1.64. The molecule has 0 aromatic heterocycles. The Labute approximate surface area is 94.2 Å². The van der Waals surface area contributed by atoms with Crippen molar-refractivity contribution >= 4 is 11.8 Å². The second-order valence-corrected chi connectivity index (χ2v) is 4.54. The van der Waals surface area contributed by atoms with Crippen LogP contribution in [0.1, 0.15) is 19.3 Å². The van der Waals surface area contributed by atoms with E-state index in [4.69, 9.17) is 9.84 Å². The number of piperidine rings is 1. The number of rotatable bonds is 2. The number of aliphatic carboxylic acids is 1. The first-order valence-electron chi connectivity index (χ1n) is 5.68. The number of carbonyl (C=O) groups excluding carboxylic acids is 1. The molecule has 5 nitrogen and oxygen atoms in total. The molecule has 1 aliphatic heterocycles. The van der Waals surface area contributed by atoms with Gasteiger partial charge in [0.1, 0.15) is 5.92 Å². The molecule has 0 amide bonds. The molecular formula is C11H17NO4. The van der Waals surface area contributed by atoms with Gasteiger partial charge in [-0.3, -0.25) is 9.59 Å². The van der Waals surface area contributed by atoms with Gasteiger partial charge in [-0.2, -0.15) is 0 Å². The molecule has 4 atom stereocenters. The van der Waals surface area contributed by atoms with Crippen molar-refractivity contribution in [2.75, 3.05) is 13.7 Å². The Morgan fingerprint density at radius 2 is 2.25 bits per heavy atom. The van der Waals surface area contributed by atoms with E-state index < -0.39 is 11.9 Å². The van der Waals surface area contributed by atoms with Gasteiger partial charge < -0.3 is 15.2 Å². The van der Waals surface area contributed by atoms with Crippen LogP contribution in [0.4, 0.5) is 0 Å². The molecule has 0 aromatic rings. The minimum atomic E-state index is -1.02. The fourth-order valence-electron chi connectivity index (χ4n) is 2.84. The molecule has 90 valence electrons. The van der Waals surface area contributed by atoms with E-state index in [0.717, 1.165) is 19.3 Å². The van der Waals surface area contributed by atoms with E-state index in [0.29, 0.717) is 0 Å². The molecule has 2 N–H and O–H groups in total. The van der Waals surface area contributed by atoms with Crippen molar-refractivity contribution in [1.82, 2.24) is 5.32 Å². The van der Waals surface area contributed by atoms with Gasteiger partial charge in [-0.05, 0) is 12.8 Å². The number of carbonyl (C=O) groups is 2. The second-order valence-electron chi connectivity index (χ2n) is 4.54. The van der Waals surface area contributed by atoms with E-state index in [2.05, 4.69) is 5.32 Å². The smallest absolute Gasteiger partial charge is 0.315 e. The summed E-state index contributed by atoms with van der Waals surface area (Å²) in [4.78, 5) is 22.9. The van der Waals surface area contributed by atoms with E-state index in [1.807, 2.05) is 0 Å². The summed E-state index contributed by atoms with van der Waals surface area (Å²) in [5.41, 5.74) is 0. The zero-order valence-electron chi connectivity index (χ0n) is 9.31. The van der Waals surface area contributed by atoms with E-state index in [-0.39, 0.29) is 30.4 Å². The SMILES string of the molecule is COC1CCCC2C(=O)C(C(=O)O)CNC12. The third-order valence-corrected chi connectivity index (χ3v) is 3.71. The van der Waals surface area contributed by atoms with Crippen LogP contribution in [0.2, 0.25) is 0 Å². The summed E-state index contributed by atoms with van der Waals surface area (Å²) in [6, 6.07) is 0.00171. The van der Waals surface area contributed by atoms with Gasteiger partial charge in [-0.1, -0.05) is 6.42 Å². The number of ether oxygens (including phenoxy) is 1. The molecule has 0 radical (unpaired) electrons. The number of ketones is 1. The summed E-state index contributed by atoms with van der Waals surface area (Å²) < 4.78 is 5.34. The Kier molecular flexibility index (Phi) is 3.25. The van der Waals surface area contributed by atoms with Crippen molar-refractivity contribution < 1.29 is 19.4 Å². The highest BCUT2D eigenvalue weighted by Crippen LogP contribution is 2.32. The van der Waals surface area contributed by atoms with Crippen LogP contribution in [0.15, 0.2) is 0 Å². The maximum absolute atomic E-state index is 12.0. The summed E-state index contributed by atoms with van der Waals surface area (Å²) in [6.07, 6.45) is 2.69. The predicted octanol–water partition coefficient (Wildman–Crippen LogP) is 0.0432. The zero-order chi connectivity index (χ0) is 11.7. The van der Waals surface area contributed by atoms with Crippen molar-refractivity contribution in [2.45, 2.75) is 31.4 Å². The van der Waals surface area contributed by atoms with Crippen LogP contribution >= 0.6 is 0 Å². The number of hydrogen-bond donors (Lipinski definition) is 2. The van der Waals surface area contributed by atoms with Crippen LogP contribution in [0.5, 0.6) is 0 Å². The van der Waals surface area contributed by atoms with Crippen LogP contribution in [0, 0.1) is 11.8 Å². The Bertz CT molecular complexity index is 304. The molecule has 4 unspecified atom stereocenters. The van der Waals surface area contributed by atoms with Gasteiger partial charge in [0.15, 0.2) is 5.78 Å². The number of fused-ring (bicyclic) bond motifs is 1. The van der Waals surface area contributed by atoms with Gasteiger partial charge in [0.2, 0.25) is 0 Å². The minimum absolute atomic E-state index is 0.00171. The minimum Gasteiger partial charge on any atom is -0.481 e. The van der Waals surface area contributed by atoms with Gasteiger partial charge in [-0.25, -0.2) is 0 Å². The first-order chi connectivity index (χ1) is 7.65. The van der Waals surface area contributed by atoms with Gasteiger partial charge in [-0.15, -0.1) is 0 Å². The molecule has 0 aromatic carbocycles. The lowest BCUT2D eigenvalue weighted by Gasteiger charge is -2.41. The normalized spacial score (nSPS) is 39.2. The molecule has 1 saturated carbocycles. The molecule has 1 saturated heterocycles. The Balaban J connectivity index is 2.13. The fraction of sp³-hybridized carbons (Fsp3) is 0.818. The van der Waals surface area contributed by atoms with E-state index in [1.165, 1.54) is 0 Å². The van der Waals surface area contributed by atoms with Gasteiger partial charge >= 0.3 is 5.97 Å². The highest BCUT2D eigenvalue weighted by Gasteiger charge is 2.45. The molecule has 2 aliphatic rings. The Morgan fingerprint density at radius 1 is 1.50 bits per heavy atom. The predicted molar refractivity (Wildman–Crippen MR) is 56.1 cm³/mol. The highest BCUT2D eigenvalue weighted by atomic mass is 16.5. The zero-order valence-corrected chi connectivity index (χ0v) is 9.31. The number of carboxylic acid groups (broad SMARTS) is 1. The number of Topliss-reactive ketones (excluding diaryl/α,β-unsaturated/α-hetero) is 1. The van der Waals surface area contributed by atoms with Gasteiger partial charge in [0.25, 0.3) is 0 Å². The van der Waals surface area contributed by atoms with Crippen LogP contribution in [-0.2, 0) is 14.3 Å². The Morgan fingerprint density at radius 3 is 2.88 bits per heavy atom. The summed E-state index contributed by atoms with van der Waals surface area (Å²) in [5, 5.41) is 12.1. The molecule has 1 aliphatic carbocycles. The molecular weight excluding hydrogens is 210 g/mol. The number of nitrogens with one attached hydrogen (secondary N) is 1. The Hall–Kier alpha value is -0.940. The highest BCUT2D eigenvalue weighted by molar-refractivity contribution is 6.00. The molecule has 0 bridgehead atoms. The molecule has 16 heavy (non-hydrogen) atoms. The van der Waals surface area contributed by atoms with Gasteiger partial charge in [0, 0.05) is 25.6 Å². The maximum atomic E-state index is 12.0. The van der Waals surface area contributed by atoms with Gasteiger partial charge in [0.05, 0.1) is 6.10 Å². The topological polar surface area (TPSA) is 75.6 Å². The second kappa shape index (κ2) is 4.51. The fourth-order valence-corrected chi connectivity index (χ4v) is 2.84. The average molecular weight is 227 g/mol. The maximum Gasteiger partial charge on any atom is 0.315 e. The van der Waals surface area contributed by atoms with Crippen LogP contribution in [0.3, 0.4) is 0 Å². The summed E-state index contributed by atoms with van der Waals surface area (Å²) in [5.74, 6) is -2.21.